The Morgan fingerprint density at radius 2 is 2.27 bits per heavy atom. The van der Waals surface area contributed by atoms with Gasteiger partial charge in [0, 0.05) is 37.3 Å². The number of carbonyl (C=O) groups is 1. The van der Waals surface area contributed by atoms with Gasteiger partial charge >= 0.3 is 0 Å². The van der Waals surface area contributed by atoms with Crippen LogP contribution >= 0.6 is 0 Å². The molecule has 1 atom stereocenters. The van der Waals surface area contributed by atoms with Crippen LogP contribution in [0.15, 0.2) is 36.8 Å². The Morgan fingerprint density at radius 1 is 1.41 bits per heavy atom. The lowest BCUT2D eigenvalue weighted by atomic mass is 10.2. The third-order valence-corrected chi connectivity index (χ3v) is 3.28. The van der Waals surface area contributed by atoms with Crippen LogP contribution in [0.25, 0.3) is 5.82 Å². The smallest absolute Gasteiger partial charge is 0.249 e. The molecule has 118 valence electrons. The number of rotatable bonds is 8. The van der Waals surface area contributed by atoms with E-state index in [2.05, 4.69) is 22.3 Å². The topological polar surface area (TPSA) is 69.0 Å². The molecule has 0 aliphatic carbocycles. The Hall–Kier alpha value is -2.21. The SMILES string of the molecule is CCCCO[C@H](C)C(=O)NCc1cccnc1-n1cccn1. The van der Waals surface area contributed by atoms with E-state index in [1.165, 1.54) is 0 Å². The Balaban J connectivity index is 1.93. The van der Waals surface area contributed by atoms with Gasteiger partial charge in [0.05, 0.1) is 0 Å². The van der Waals surface area contributed by atoms with Crippen LogP contribution in [-0.4, -0.2) is 33.4 Å². The lowest BCUT2D eigenvalue weighted by Crippen LogP contribution is -2.34. The summed E-state index contributed by atoms with van der Waals surface area (Å²) in [6, 6.07) is 5.60. The largest absolute Gasteiger partial charge is 0.369 e. The molecule has 2 aromatic rings. The summed E-state index contributed by atoms with van der Waals surface area (Å²) in [4.78, 5) is 16.4. The van der Waals surface area contributed by atoms with Crippen LogP contribution in [0.5, 0.6) is 0 Å². The molecule has 0 aliphatic heterocycles. The molecule has 2 aromatic heterocycles. The van der Waals surface area contributed by atoms with Gasteiger partial charge in [-0.15, -0.1) is 0 Å². The van der Waals surface area contributed by atoms with E-state index in [1.807, 2.05) is 24.4 Å². The maximum atomic E-state index is 12.0. The normalized spacial score (nSPS) is 12.1. The van der Waals surface area contributed by atoms with Gasteiger partial charge in [-0.1, -0.05) is 19.4 Å². The number of pyridine rings is 1. The van der Waals surface area contributed by atoms with E-state index in [9.17, 15) is 4.79 Å². The monoisotopic (exact) mass is 302 g/mol. The third kappa shape index (κ3) is 4.39. The Labute approximate surface area is 130 Å². The molecular weight excluding hydrogens is 280 g/mol. The first-order valence-electron chi connectivity index (χ1n) is 7.55. The van der Waals surface area contributed by atoms with E-state index in [0.29, 0.717) is 19.0 Å². The van der Waals surface area contributed by atoms with Crippen molar-refractivity contribution in [3.05, 3.63) is 42.4 Å². The average Bonchev–Trinajstić information content (AvgIpc) is 3.07. The fraction of sp³-hybridized carbons (Fsp3) is 0.438. The molecule has 0 unspecified atom stereocenters. The maximum absolute atomic E-state index is 12.0. The second kappa shape index (κ2) is 8.29. The van der Waals surface area contributed by atoms with Crippen molar-refractivity contribution in [1.82, 2.24) is 20.1 Å². The highest BCUT2D eigenvalue weighted by molar-refractivity contribution is 5.80. The minimum Gasteiger partial charge on any atom is -0.369 e. The first-order chi connectivity index (χ1) is 10.7. The lowest BCUT2D eigenvalue weighted by Gasteiger charge is -2.14. The molecule has 0 fully saturated rings. The standard InChI is InChI=1S/C16H22N4O2/c1-3-4-11-22-13(2)16(21)18-12-14-7-5-8-17-15(14)20-10-6-9-19-20/h5-10,13H,3-4,11-12H2,1-2H3,(H,18,21)/t13-/m1/s1. The molecule has 0 bridgehead atoms. The van der Waals surface area contributed by atoms with Gasteiger partial charge in [0.25, 0.3) is 0 Å². The second-order valence-electron chi connectivity index (χ2n) is 5.02. The molecule has 0 aromatic carbocycles. The number of hydrogen-bond donors (Lipinski definition) is 1. The lowest BCUT2D eigenvalue weighted by molar-refractivity contribution is -0.131. The van der Waals surface area contributed by atoms with E-state index >= 15 is 0 Å². The Kier molecular flexibility index (Phi) is 6.09. The fourth-order valence-corrected chi connectivity index (χ4v) is 1.97. The van der Waals surface area contributed by atoms with Gasteiger partial charge in [0.1, 0.15) is 6.10 Å². The van der Waals surface area contributed by atoms with Crippen molar-refractivity contribution in [2.45, 2.75) is 39.3 Å². The molecule has 0 spiro atoms. The van der Waals surface area contributed by atoms with Crippen molar-refractivity contribution in [1.29, 1.82) is 0 Å². The summed E-state index contributed by atoms with van der Waals surface area (Å²) < 4.78 is 7.17. The number of ether oxygens (including phenoxy) is 1. The number of aromatic nitrogens is 3. The van der Waals surface area contributed by atoms with Crippen molar-refractivity contribution < 1.29 is 9.53 Å². The summed E-state index contributed by atoms with van der Waals surface area (Å²) in [5.41, 5.74) is 0.903. The molecule has 0 saturated carbocycles. The second-order valence-corrected chi connectivity index (χ2v) is 5.02. The number of nitrogens with zero attached hydrogens (tertiary/aromatic N) is 3. The number of hydrogen-bond acceptors (Lipinski definition) is 4. The van der Waals surface area contributed by atoms with Crippen molar-refractivity contribution in [2.24, 2.45) is 0 Å². The van der Waals surface area contributed by atoms with Gasteiger partial charge in [-0.05, 0) is 25.5 Å². The average molecular weight is 302 g/mol. The molecule has 0 radical (unpaired) electrons. The quantitative estimate of drug-likeness (QED) is 0.758. The maximum Gasteiger partial charge on any atom is 0.249 e. The molecule has 2 rings (SSSR count). The molecule has 0 saturated heterocycles. The number of nitrogens with one attached hydrogen (secondary N) is 1. The van der Waals surface area contributed by atoms with E-state index < -0.39 is 6.10 Å². The summed E-state index contributed by atoms with van der Waals surface area (Å²) in [6.45, 7) is 4.86. The predicted molar refractivity (Wildman–Crippen MR) is 83.5 cm³/mol. The molecule has 6 heteroatoms. The fourth-order valence-electron chi connectivity index (χ4n) is 1.97. The zero-order valence-electron chi connectivity index (χ0n) is 13.0. The van der Waals surface area contributed by atoms with E-state index in [4.69, 9.17) is 4.74 Å². The first kappa shape index (κ1) is 16.2. The van der Waals surface area contributed by atoms with Gasteiger partial charge in [0.2, 0.25) is 5.91 Å². The first-order valence-corrected chi connectivity index (χ1v) is 7.55. The summed E-state index contributed by atoms with van der Waals surface area (Å²) >= 11 is 0. The molecule has 6 nitrogen and oxygen atoms in total. The van der Waals surface area contributed by atoms with Gasteiger partial charge < -0.3 is 10.1 Å². The highest BCUT2D eigenvalue weighted by Gasteiger charge is 2.14. The Morgan fingerprint density at radius 3 is 3.00 bits per heavy atom. The van der Waals surface area contributed by atoms with Crippen molar-refractivity contribution >= 4 is 5.91 Å². The summed E-state index contributed by atoms with van der Waals surface area (Å²) in [7, 11) is 0. The van der Waals surface area contributed by atoms with Crippen LogP contribution in [0.1, 0.15) is 32.3 Å². The van der Waals surface area contributed by atoms with E-state index in [-0.39, 0.29) is 5.91 Å². The van der Waals surface area contributed by atoms with Crippen LogP contribution in [0.2, 0.25) is 0 Å². The number of carbonyl (C=O) groups excluding carboxylic acids is 1. The van der Waals surface area contributed by atoms with Crippen LogP contribution in [0.4, 0.5) is 0 Å². The van der Waals surface area contributed by atoms with Gasteiger partial charge in [-0.3, -0.25) is 4.79 Å². The van der Waals surface area contributed by atoms with Gasteiger partial charge in [0.15, 0.2) is 5.82 Å². The molecule has 22 heavy (non-hydrogen) atoms. The van der Waals surface area contributed by atoms with E-state index in [0.717, 1.165) is 18.4 Å². The van der Waals surface area contributed by atoms with Crippen molar-refractivity contribution in [3.8, 4) is 5.82 Å². The highest BCUT2D eigenvalue weighted by atomic mass is 16.5. The zero-order valence-corrected chi connectivity index (χ0v) is 13.0. The molecule has 0 aliphatic rings. The Bertz CT molecular complexity index is 584. The number of amides is 1. The molecular formula is C16H22N4O2. The molecule has 1 amide bonds. The third-order valence-electron chi connectivity index (χ3n) is 3.28. The molecule has 1 N–H and O–H groups in total. The summed E-state index contributed by atoms with van der Waals surface area (Å²) in [5, 5.41) is 7.06. The minimum absolute atomic E-state index is 0.119. The molecule has 2 heterocycles. The van der Waals surface area contributed by atoms with E-state index in [1.54, 1.807) is 24.0 Å². The van der Waals surface area contributed by atoms with Crippen molar-refractivity contribution in [3.63, 3.8) is 0 Å². The summed E-state index contributed by atoms with van der Waals surface area (Å²) in [6.07, 6.45) is 6.79. The predicted octanol–water partition coefficient (Wildman–Crippen LogP) is 2.09. The van der Waals surface area contributed by atoms with Crippen LogP contribution in [0.3, 0.4) is 0 Å². The zero-order chi connectivity index (χ0) is 15.8. The minimum atomic E-state index is -0.448. The number of unbranched alkanes of at least 4 members (excludes halogenated alkanes) is 1. The van der Waals surface area contributed by atoms with Gasteiger partial charge in [-0.25, -0.2) is 9.67 Å². The summed E-state index contributed by atoms with van der Waals surface area (Å²) in [5.74, 6) is 0.596. The highest BCUT2D eigenvalue weighted by Crippen LogP contribution is 2.10. The van der Waals surface area contributed by atoms with Crippen molar-refractivity contribution in [2.75, 3.05) is 6.61 Å². The van der Waals surface area contributed by atoms with Crippen LogP contribution in [-0.2, 0) is 16.1 Å². The van der Waals surface area contributed by atoms with Gasteiger partial charge in [-0.2, -0.15) is 5.10 Å². The van der Waals surface area contributed by atoms with Crippen LogP contribution in [0, 0.1) is 0 Å². The van der Waals surface area contributed by atoms with Crippen LogP contribution < -0.4 is 5.32 Å².